The van der Waals surface area contributed by atoms with Crippen molar-refractivity contribution in [2.45, 2.75) is 6.92 Å². The number of aromatic nitrogens is 1. The maximum absolute atomic E-state index is 11.2. The van der Waals surface area contributed by atoms with Crippen molar-refractivity contribution < 1.29 is 9.90 Å². The van der Waals surface area contributed by atoms with Gasteiger partial charge >= 0.3 is 5.97 Å². The first-order valence-corrected chi connectivity index (χ1v) is 6.77. The zero-order valence-corrected chi connectivity index (χ0v) is 11.5. The smallest absolute Gasteiger partial charge is 0.337 e. The van der Waals surface area contributed by atoms with Crippen molar-refractivity contribution in [1.29, 1.82) is 0 Å². The number of fused-ring (bicyclic) bond motifs is 1. The van der Waals surface area contributed by atoms with Crippen molar-refractivity contribution in [2.24, 2.45) is 7.05 Å². The lowest BCUT2D eigenvalue weighted by Crippen LogP contribution is -1.95. The second-order valence-electron chi connectivity index (χ2n) is 4.58. The minimum absolute atomic E-state index is 0.370. The van der Waals surface area contributed by atoms with E-state index in [2.05, 4.69) is 18.2 Å². The fraction of sp³-hybridized carbons (Fsp3) is 0.133. The zero-order valence-electron chi connectivity index (χ0n) is 10.7. The molecule has 3 nitrogen and oxygen atoms in total. The second-order valence-corrected chi connectivity index (χ2v) is 5.66. The van der Waals surface area contributed by atoms with Gasteiger partial charge in [-0.2, -0.15) is 0 Å². The minimum atomic E-state index is -0.875. The van der Waals surface area contributed by atoms with E-state index < -0.39 is 5.97 Å². The van der Waals surface area contributed by atoms with Crippen LogP contribution in [-0.4, -0.2) is 15.6 Å². The normalized spacial score (nSPS) is 11.1. The van der Waals surface area contributed by atoms with Crippen LogP contribution in [0.5, 0.6) is 0 Å². The van der Waals surface area contributed by atoms with E-state index >= 15 is 0 Å². The number of thiophene rings is 1. The third-order valence-electron chi connectivity index (χ3n) is 3.32. The Labute approximate surface area is 114 Å². The number of hydrogen-bond acceptors (Lipinski definition) is 2. The molecule has 19 heavy (non-hydrogen) atoms. The molecule has 0 unspecified atom stereocenters. The molecule has 1 N–H and O–H groups in total. The van der Waals surface area contributed by atoms with Crippen molar-refractivity contribution in [3.05, 3.63) is 47.7 Å². The monoisotopic (exact) mass is 271 g/mol. The lowest BCUT2D eigenvalue weighted by molar-refractivity contribution is 0.0696. The summed E-state index contributed by atoms with van der Waals surface area (Å²) in [5.41, 5.74) is 2.18. The summed E-state index contributed by atoms with van der Waals surface area (Å²) < 4.78 is 3.11. The molecule has 3 rings (SSSR count). The van der Waals surface area contributed by atoms with Crippen molar-refractivity contribution in [1.82, 2.24) is 4.57 Å². The molecule has 0 aliphatic rings. The van der Waals surface area contributed by atoms with Gasteiger partial charge in [0.1, 0.15) is 0 Å². The molecule has 0 spiro atoms. The van der Waals surface area contributed by atoms with E-state index in [0.717, 1.165) is 16.1 Å². The van der Waals surface area contributed by atoms with Crippen LogP contribution in [0.25, 0.3) is 20.7 Å². The molecule has 0 aliphatic carbocycles. The van der Waals surface area contributed by atoms with Crippen molar-refractivity contribution in [3.63, 3.8) is 0 Å². The highest BCUT2D eigenvalue weighted by Crippen LogP contribution is 2.36. The molecule has 3 aromatic rings. The van der Waals surface area contributed by atoms with Crippen LogP contribution in [0.1, 0.15) is 15.9 Å². The standard InChI is InChI=1S/C15H13NO2S/c1-9-11(15(17)18)8-16(2)14(9)13-7-10-5-3-4-6-12(10)19-13/h3-8H,1-2H3,(H,17,18). The first-order chi connectivity index (χ1) is 9.08. The van der Waals surface area contributed by atoms with Crippen LogP contribution in [-0.2, 0) is 7.05 Å². The highest BCUT2D eigenvalue weighted by atomic mass is 32.1. The molecule has 2 heterocycles. The number of carboxylic acid groups (broad SMARTS) is 1. The van der Waals surface area contributed by atoms with Crippen LogP contribution in [0.2, 0.25) is 0 Å². The number of aryl methyl sites for hydroxylation is 1. The third kappa shape index (κ3) is 1.85. The predicted molar refractivity (Wildman–Crippen MR) is 77.9 cm³/mol. The lowest BCUT2D eigenvalue weighted by Gasteiger charge is -2.01. The molecule has 0 fully saturated rings. The van der Waals surface area contributed by atoms with Crippen LogP contribution >= 0.6 is 11.3 Å². The number of benzene rings is 1. The summed E-state index contributed by atoms with van der Waals surface area (Å²) in [5.74, 6) is -0.875. The van der Waals surface area contributed by atoms with Crippen LogP contribution in [0.3, 0.4) is 0 Å². The Kier molecular flexibility index (Phi) is 2.68. The van der Waals surface area contributed by atoms with E-state index in [1.54, 1.807) is 17.5 Å². The molecule has 0 radical (unpaired) electrons. The summed E-state index contributed by atoms with van der Waals surface area (Å²) in [6, 6.07) is 10.3. The van der Waals surface area contributed by atoms with Crippen molar-refractivity contribution >= 4 is 27.4 Å². The van der Waals surface area contributed by atoms with E-state index in [1.165, 1.54) is 10.1 Å². The van der Waals surface area contributed by atoms with E-state index in [9.17, 15) is 9.90 Å². The summed E-state index contributed by atoms with van der Waals surface area (Å²) in [4.78, 5) is 12.3. The summed E-state index contributed by atoms with van der Waals surface area (Å²) in [5, 5.41) is 10.4. The Balaban J connectivity index is 2.24. The van der Waals surface area contributed by atoms with Crippen molar-refractivity contribution in [3.8, 4) is 10.6 Å². The molecule has 0 saturated carbocycles. The minimum Gasteiger partial charge on any atom is -0.478 e. The molecular weight excluding hydrogens is 258 g/mol. The van der Waals surface area contributed by atoms with Gasteiger partial charge in [0.15, 0.2) is 0 Å². The van der Waals surface area contributed by atoms with Gasteiger partial charge in [-0.15, -0.1) is 11.3 Å². The Morgan fingerprint density at radius 1 is 1.32 bits per heavy atom. The highest BCUT2D eigenvalue weighted by Gasteiger charge is 2.18. The van der Waals surface area contributed by atoms with Gasteiger partial charge in [0, 0.05) is 17.9 Å². The molecule has 0 amide bonds. The van der Waals surface area contributed by atoms with Gasteiger partial charge in [-0.1, -0.05) is 18.2 Å². The molecular formula is C15H13NO2S. The Bertz CT molecular complexity index is 750. The molecule has 1 aromatic carbocycles. The van der Waals surface area contributed by atoms with E-state index in [-0.39, 0.29) is 0 Å². The molecule has 0 bridgehead atoms. The second kappa shape index (κ2) is 4.24. The molecule has 4 heteroatoms. The van der Waals surface area contributed by atoms with Crippen LogP contribution in [0.4, 0.5) is 0 Å². The quantitative estimate of drug-likeness (QED) is 0.767. The van der Waals surface area contributed by atoms with Crippen LogP contribution < -0.4 is 0 Å². The number of hydrogen-bond donors (Lipinski definition) is 1. The Hall–Kier alpha value is -2.07. The lowest BCUT2D eigenvalue weighted by atomic mass is 10.1. The third-order valence-corrected chi connectivity index (χ3v) is 4.45. The largest absolute Gasteiger partial charge is 0.478 e. The highest BCUT2D eigenvalue weighted by molar-refractivity contribution is 7.22. The zero-order chi connectivity index (χ0) is 13.6. The summed E-state index contributed by atoms with van der Waals surface area (Å²) in [7, 11) is 1.89. The van der Waals surface area contributed by atoms with Gasteiger partial charge in [-0.25, -0.2) is 4.79 Å². The van der Waals surface area contributed by atoms with Gasteiger partial charge in [0.05, 0.1) is 16.1 Å². The predicted octanol–water partition coefficient (Wildman–Crippen LogP) is 3.91. The number of carboxylic acids is 1. The molecule has 96 valence electrons. The summed E-state index contributed by atoms with van der Waals surface area (Å²) in [6.45, 7) is 1.86. The molecule has 0 saturated heterocycles. The first-order valence-electron chi connectivity index (χ1n) is 5.96. The average molecular weight is 271 g/mol. The number of carbonyl (C=O) groups is 1. The summed E-state index contributed by atoms with van der Waals surface area (Å²) in [6.07, 6.45) is 1.68. The van der Waals surface area contributed by atoms with Crippen LogP contribution in [0.15, 0.2) is 36.5 Å². The fourth-order valence-electron chi connectivity index (χ4n) is 2.42. The number of aromatic carboxylic acids is 1. The van der Waals surface area contributed by atoms with Gasteiger partial charge in [0.25, 0.3) is 0 Å². The van der Waals surface area contributed by atoms with Crippen LogP contribution in [0, 0.1) is 6.92 Å². The molecule has 2 aromatic heterocycles. The first kappa shape index (κ1) is 12.0. The number of rotatable bonds is 2. The average Bonchev–Trinajstić information content (AvgIpc) is 2.90. The molecule has 0 aliphatic heterocycles. The topological polar surface area (TPSA) is 42.2 Å². The van der Waals surface area contributed by atoms with Gasteiger partial charge in [0.2, 0.25) is 0 Å². The Morgan fingerprint density at radius 2 is 2.05 bits per heavy atom. The van der Waals surface area contributed by atoms with E-state index in [0.29, 0.717) is 5.56 Å². The van der Waals surface area contributed by atoms with Gasteiger partial charge < -0.3 is 9.67 Å². The fourth-order valence-corrected chi connectivity index (χ4v) is 3.63. The van der Waals surface area contributed by atoms with Gasteiger partial charge in [-0.05, 0) is 30.0 Å². The van der Waals surface area contributed by atoms with E-state index in [1.807, 2.05) is 30.7 Å². The molecule has 0 atom stereocenters. The summed E-state index contributed by atoms with van der Waals surface area (Å²) >= 11 is 1.69. The van der Waals surface area contributed by atoms with Crippen molar-refractivity contribution in [2.75, 3.05) is 0 Å². The number of nitrogens with zero attached hydrogens (tertiary/aromatic N) is 1. The maximum Gasteiger partial charge on any atom is 0.337 e. The Morgan fingerprint density at radius 3 is 2.68 bits per heavy atom. The van der Waals surface area contributed by atoms with Gasteiger partial charge in [-0.3, -0.25) is 0 Å². The maximum atomic E-state index is 11.2. The SMILES string of the molecule is Cc1c(C(=O)O)cn(C)c1-c1cc2ccccc2s1. The van der Waals surface area contributed by atoms with E-state index in [4.69, 9.17) is 0 Å².